The summed E-state index contributed by atoms with van der Waals surface area (Å²) >= 11 is 6.29. The summed E-state index contributed by atoms with van der Waals surface area (Å²) in [5.74, 6) is 0. The molecule has 2 fully saturated rings. The van der Waals surface area contributed by atoms with Gasteiger partial charge in [-0.2, -0.15) is 0 Å². The van der Waals surface area contributed by atoms with E-state index in [9.17, 15) is 0 Å². The van der Waals surface area contributed by atoms with Crippen LogP contribution in [0, 0.1) is 0 Å². The van der Waals surface area contributed by atoms with Crippen LogP contribution in [0.15, 0.2) is 24.3 Å². The van der Waals surface area contributed by atoms with Gasteiger partial charge >= 0.3 is 0 Å². The highest BCUT2D eigenvalue weighted by atomic mass is 35.5. The molecule has 1 aromatic rings. The van der Waals surface area contributed by atoms with Crippen molar-refractivity contribution in [2.24, 2.45) is 0 Å². The smallest absolute Gasteiger partial charge is 0.0451 e. The average molecular weight is 279 g/mol. The first kappa shape index (κ1) is 13.4. The molecule has 1 heterocycles. The average Bonchev–Trinajstić information content (AvgIpc) is 3.26. The van der Waals surface area contributed by atoms with Crippen molar-refractivity contribution < 1.29 is 0 Å². The molecule has 19 heavy (non-hydrogen) atoms. The summed E-state index contributed by atoms with van der Waals surface area (Å²) in [6, 6.07) is 9.73. The monoisotopic (exact) mass is 278 g/mol. The standard InChI is InChI=1S/C16H23ClN2/c17-16-7-2-1-5-13(16)11-19(15-8-9-15)12-14-6-3-4-10-18-14/h1-2,5,7,14-15,18H,3-4,6,8-12H2. The second-order valence-corrected chi connectivity index (χ2v) is 6.31. The third-order valence-electron chi connectivity index (χ3n) is 4.26. The molecule has 1 unspecified atom stereocenters. The number of nitrogens with one attached hydrogen (secondary N) is 1. The molecule has 1 aliphatic carbocycles. The van der Waals surface area contributed by atoms with E-state index in [1.807, 2.05) is 12.1 Å². The molecule has 0 radical (unpaired) electrons. The van der Waals surface area contributed by atoms with Crippen molar-refractivity contribution in [3.63, 3.8) is 0 Å². The zero-order valence-corrected chi connectivity index (χ0v) is 12.2. The van der Waals surface area contributed by atoms with Crippen molar-refractivity contribution in [2.45, 2.75) is 50.7 Å². The summed E-state index contributed by atoms with van der Waals surface area (Å²) in [6.45, 7) is 3.37. The Morgan fingerprint density at radius 3 is 2.68 bits per heavy atom. The molecule has 2 aliphatic rings. The highest BCUT2D eigenvalue weighted by Crippen LogP contribution is 2.30. The molecule has 3 rings (SSSR count). The van der Waals surface area contributed by atoms with Gasteiger partial charge < -0.3 is 5.32 Å². The molecule has 1 saturated carbocycles. The Morgan fingerprint density at radius 1 is 1.16 bits per heavy atom. The lowest BCUT2D eigenvalue weighted by Gasteiger charge is -2.31. The summed E-state index contributed by atoms with van der Waals surface area (Å²) in [5, 5.41) is 4.57. The highest BCUT2D eigenvalue weighted by molar-refractivity contribution is 6.31. The van der Waals surface area contributed by atoms with Crippen LogP contribution in [0.1, 0.15) is 37.7 Å². The van der Waals surface area contributed by atoms with Crippen LogP contribution >= 0.6 is 11.6 Å². The zero-order chi connectivity index (χ0) is 13.1. The maximum atomic E-state index is 6.29. The van der Waals surface area contributed by atoms with Crippen LogP contribution in [-0.4, -0.2) is 30.1 Å². The number of nitrogens with zero attached hydrogens (tertiary/aromatic N) is 1. The van der Waals surface area contributed by atoms with Gasteiger partial charge in [0.05, 0.1) is 0 Å². The first-order chi connectivity index (χ1) is 9.33. The van der Waals surface area contributed by atoms with Crippen molar-refractivity contribution in [3.8, 4) is 0 Å². The molecule has 3 heteroatoms. The molecule has 1 aliphatic heterocycles. The first-order valence-corrected chi connectivity index (χ1v) is 7.91. The minimum atomic E-state index is 0.678. The van der Waals surface area contributed by atoms with E-state index in [0.717, 1.165) is 17.6 Å². The lowest BCUT2D eigenvalue weighted by molar-refractivity contribution is 0.208. The largest absolute Gasteiger partial charge is 0.313 e. The Labute approximate surface area is 121 Å². The van der Waals surface area contributed by atoms with Gasteiger partial charge in [0.25, 0.3) is 0 Å². The molecule has 0 bridgehead atoms. The van der Waals surface area contributed by atoms with Gasteiger partial charge in [-0.05, 0) is 43.9 Å². The minimum Gasteiger partial charge on any atom is -0.313 e. The number of hydrogen-bond acceptors (Lipinski definition) is 2. The Balaban J connectivity index is 1.62. The molecule has 1 saturated heterocycles. The van der Waals surface area contributed by atoms with Gasteiger partial charge in [-0.15, -0.1) is 0 Å². The summed E-state index contributed by atoms with van der Waals surface area (Å²) in [4.78, 5) is 2.63. The SMILES string of the molecule is Clc1ccccc1CN(CC1CCCCN1)C1CC1. The molecule has 1 atom stereocenters. The Hall–Kier alpha value is -0.570. The Bertz CT molecular complexity index is 411. The summed E-state index contributed by atoms with van der Waals surface area (Å²) < 4.78 is 0. The van der Waals surface area contributed by atoms with E-state index in [2.05, 4.69) is 22.3 Å². The van der Waals surface area contributed by atoms with E-state index in [0.29, 0.717) is 6.04 Å². The van der Waals surface area contributed by atoms with Gasteiger partial charge in [0.2, 0.25) is 0 Å². The molecular formula is C16H23ClN2. The fourth-order valence-electron chi connectivity index (χ4n) is 2.99. The van der Waals surface area contributed by atoms with Crippen molar-refractivity contribution in [1.29, 1.82) is 0 Å². The zero-order valence-electron chi connectivity index (χ0n) is 11.4. The lowest BCUT2D eigenvalue weighted by Crippen LogP contribution is -2.44. The second-order valence-electron chi connectivity index (χ2n) is 5.90. The van der Waals surface area contributed by atoms with Crippen LogP contribution in [0.25, 0.3) is 0 Å². The molecule has 104 valence electrons. The third kappa shape index (κ3) is 3.71. The van der Waals surface area contributed by atoms with E-state index < -0.39 is 0 Å². The summed E-state index contributed by atoms with van der Waals surface area (Å²) in [7, 11) is 0. The Morgan fingerprint density at radius 2 is 2.00 bits per heavy atom. The van der Waals surface area contributed by atoms with Gasteiger partial charge in [0.1, 0.15) is 0 Å². The Kier molecular flexibility index (Phi) is 4.42. The van der Waals surface area contributed by atoms with E-state index in [1.165, 1.54) is 50.8 Å². The van der Waals surface area contributed by atoms with Crippen LogP contribution in [0.5, 0.6) is 0 Å². The van der Waals surface area contributed by atoms with Crippen LogP contribution in [-0.2, 0) is 6.54 Å². The van der Waals surface area contributed by atoms with Gasteiger partial charge in [0, 0.05) is 30.2 Å². The molecule has 1 aromatic carbocycles. The van der Waals surface area contributed by atoms with Crippen molar-refractivity contribution in [3.05, 3.63) is 34.9 Å². The van der Waals surface area contributed by atoms with Crippen LogP contribution < -0.4 is 5.32 Å². The maximum Gasteiger partial charge on any atom is 0.0451 e. The van der Waals surface area contributed by atoms with Crippen molar-refractivity contribution >= 4 is 11.6 Å². The van der Waals surface area contributed by atoms with Crippen LogP contribution in [0.3, 0.4) is 0 Å². The second kappa shape index (κ2) is 6.25. The van der Waals surface area contributed by atoms with Gasteiger partial charge in [-0.25, -0.2) is 0 Å². The van der Waals surface area contributed by atoms with Gasteiger partial charge in [-0.3, -0.25) is 4.90 Å². The van der Waals surface area contributed by atoms with Crippen LogP contribution in [0.2, 0.25) is 5.02 Å². The third-order valence-corrected chi connectivity index (χ3v) is 4.63. The van der Waals surface area contributed by atoms with E-state index in [1.54, 1.807) is 0 Å². The number of halogens is 1. The number of hydrogen-bond donors (Lipinski definition) is 1. The van der Waals surface area contributed by atoms with Gasteiger partial charge in [-0.1, -0.05) is 36.2 Å². The minimum absolute atomic E-state index is 0.678. The normalized spacial score (nSPS) is 23.8. The van der Waals surface area contributed by atoms with Crippen molar-refractivity contribution in [2.75, 3.05) is 13.1 Å². The molecule has 2 nitrogen and oxygen atoms in total. The number of benzene rings is 1. The van der Waals surface area contributed by atoms with Crippen LogP contribution in [0.4, 0.5) is 0 Å². The fraction of sp³-hybridized carbons (Fsp3) is 0.625. The van der Waals surface area contributed by atoms with Gasteiger partial charge in [0.15, 0.2) is 0 Å². The summed E-state index contributed by atoms with van der Waals surface area (Å²) in [5.41, 5.74) is 1.27. The quantitative estimate of drug-likeness (QED) is 0.888. The molecule has 1 N–H and O–H groups in total. The number of piperidine rings is 1. The predicted molar refractivity (Wildman–Crippen MR) is 80.5 cm³/mol. The predicted octanol–water partition coefficient (Wildman–Crippen LogP) is 3.45. The number of rotatable bonds is 5. The van der Waals surface area contributed by atoms with E-state index in [-0.39, 0.29) is 0 Å². The summed E-state index contributed by atoms with van der Waals surface area (Å²) in [6.07, 6.45) is 6.76. The van der Waals surface area contributed by atoms with E-state index in [4.69, 9.17) is 11.6 Å². The molecule has 0 amide bonds. The van der Waals surface area contributed by atoms with E-state index >= 15 is 0 Å². The lowest BCUT2D eigenvalue weighted by atomic mass is 10.0. The molecule has 0 aromatic heterocycles. The highest BCUT2D eigenvalue weighted by Gasteiger charge is 2.31. The first-order valence-electron chi connectivity index (χ1n) is 7.54. The fourth-order valence-corrected chi connectivity index (χ4v) is 3.19. The maximum absolute atomic E-state index is 6.29. The topological polar surface area (TPSA) is 15.3 Å². The van der Waals surface area contributed by atoms with Crippen molar-refractivity contribution in [1.82, 2.24) is 10.2 Å². The molecular weight excluding hydrogens is 256 g/mol. The molecule has 0 spiro atoms.